The van der Waals surface area contributed by atoms with E-state index in [-0.39, 0.29) is 0 Å². The fraction of sp³-hybridized carbons (Fsp3) is 1.00. The predicted molar refractivity (Wildman–Crippen MR) is 76.9 cm³/mol. The molecule has 1 atom stereocenters. The van der Waals surface area contributed by atoms with Gasteiger partial charge in [-0.05, 0) is 25.6 Å². The molecule has 1 N–H and O–H groups in total. The third-order valence-corrected chi connectivity index (χ3v) is 5.24. The van der Waals surface area contributed by atoms with E-state index in [2.05, 4.69) is 33.9 Å². The van der Waals surface area contributed by atoms with Crippen molar-refractivity contribution in [3.8, 4) is 0 Å². The van der Waals surface area contributed by atoms with Crippen molar-refractivity contribution < 1.29 is 0 Å². The number of nitrogens with one attached hydrogen (secondary N) is 1. The van der Waals surface area contributed by atoms with Crippen LogP contribution >= 0.6 is 11.8 Å². The normalized spacial score (nSPS) is 28.4. The Kier molecular flexibility index (Phi) is 6.12. The van der Waals surface area contributed by atoms with Gasteiger partial charge < -0.3 is 10.2 Å². The number of hydrogen-bond donors (Lipinski definition) is 1. The Hall–Kier alpha value is 0.230. The highest BCUT2D eigenvalue weighted by Crippen LogP contribution is 2.24. The summed E-state index contributed by atoms with van der Waals surface area (Å²) in [5.41, 5.74) is 0. The molecule has 0 amide bonds. The summed E-state index contributed by atoms with van der Waals surface area (Å²) in [6.07, 6.45) is 4.30. The minimum Gasteiger partial charge on any atom is -0.314 e. The molecular weight excluding hydrogens is 230 g/mol. The second kappa shape index (κ2) is 7.62. The van der Waals surface area contributed by atoms with Crippen LogP contribution in [0, 0.1) is 0 Å². The van der Waals surface area contributed by atoms with Crippen LogP contribution in [-0.4, -0.2) is 73.7 Å². The lowest BCUT2D eigenvalue weighted by atomic mass is 10.2. The summed E-state index contributed by atoms with van der Waals surface area (Å²) in [6.45, 7) is 8.58. The van der Waals surface area contributed by atoms with Gasteiger partial charge in [-0.1, -0.05) is 6.42 Å². The molecule has 0 bridgehead atoms. The van der Waals surface area contributed by atoms with Crippen molar-refractivity contribution in [2.45, 2.75) is 24.5 Å². The van der Waals surface area contributed by atoms with E-state index in [4.69, 9.17) is 0 Å². The molecule has 2 saturated heterocycles. The first-order chi connectivity index (χ1) is 8.34. The summed E-state index contributed by atoms with van der Waals surface area (Å²) in [4.78, 5) is 5.00. The summed E-state index contributed by atoms with van der Waals surface area (Å²) in [5.74, 6) is 1.38. The first-order valence-corrected chi connectivity index (χ1v) is 8.13. The summed E-state index contributed by atoms with van der Waals surface area (Å²) in [6, 6.07) is 0. The SMILES string of the molecule is CN1CCN(CCNCC2CCCCS2)CC1. The molecule has 4 heteroatoms. The molecule has 0 aromatic heterocycles. The Labute approximate surface area is 110 Å². The Bertz CT molecular complexity index is 199. The van der Waals surface area contributed by atoms with Crippen molar-refractivity contribution in [1.82, 2.24) is 15.1 Å². The fourth-order valence-electron chi connectivity index (χ4n) is 2.54. The van der Waals surface area contributed by atoms with Gasteiger partial charge in [-0.15, -0.1) is 0 Å². The topological polar surface area (TPSA) is 18.5 Å². The summed E-state index contributed by atoms with van der Waals surface area (Å²) >= 11 is 2.17. The summed E-state index contributed by atoms with van der Waals surface area (Å²) in [5, 5.41) is 4.52. The zero-order chi connectivity index (χ0) is 11.9. The number of hydrogen-bond acceptors (Lipinski definition) is 4. The minimum atomic E-state index is 0.885. The maximum absolute atomic E-state index is 3.64. The van der Waals surface area contributed by atoms with Gasteiger partial charge in [-0.2, -0.15) is 11.8 Å². The van der Waals surface area contributed by atoms with Crippen LogP contribution in [0.1, 0.15) is 19.3 Å². The molecule has 2 aliphatic rings. The number of likely N-dealkylation sites (N-methyl/N-ethyl adjacent to an activating group) is 1. The van der Waals surface area contributed by atoms with Crippen molar-refractivity contribution in [3.05, 3.63) is 0 Å². The molecule has 2 rings (SSSR count). The van der Waals surface area contributed by atoms with Gasteiger partial charge in [-0.25, -0.2) is 0 Å². The zero-order valence-electron chi connectivity index (χ0n) is 11.2. The maximum atomic E-state index is 3.64. The van der Waals surface area contributed by atoms with E-state index in [1.165, 1.54) is 70.8 Å². The number of nitrogens with zero attached hydrogens (tertiary/aromatic N) is 2. The van der Waals surface area contributed by atoms with Gasteiger partial charge in [0.2, 0.25) is 0 Å². The molecule has 0 aliphatic carbocycles. The number of thioether (sulfide) groups is 1. The summed E-state index contributed by atoms with van der Waals surface area (Å²) < 4.78 is 0. The lowest BCUT2D eigenvalue weighted by Crippen LogP contribution is -2.46. The molecule has 1 unspecified atom stereocenters. The monoisotopic (exact) mass is 257 g/mol. The lowest BCUT2D eigenvalue weighted by molar-refractivity contribution is 0.155. The average Bonchev–Trinajstić information content (AvgIpc) is 2.38. The van der Waals surface area contributed by atoms with Crippen molar-refractivity contribution in [3.63, 3.8) is 0 Å². The van der Waals surface area contributed by atoms with E-state index >= 15 is 0 Å². The van der Waals surface area contributed by atoms with Crippen LogP contribution in [0.15, 0.2) is 0 Å². The Morgan fingerprint density at radius 1 is 1.18 bits per heavy atom. The molecule has 0 radical (unpaired) electrons. The predicted octanol–water partition coefficient (Wildman–Crippen LogP) is 1.11. The molecule has 2 aliphatic heterocycles. The average molecular weight is 257 g/mol. The second-order valence-corrected chi connectivity index (χ2v) is 6.75. The van der Waals surface area contributed by atoms with Crippen molar-refractivity contribution in [2.24, 2.45) is 0 Å². The van der Waals surface area contributed by atoms with Crippen LogP contribution in [0.4, 0.5) is 0 Å². The van der Waals surface area contributed by atoms with Crippen LogP contribution in [0.5, 0.6) is 0 Å². The molecule has 2 fully saturated rings. The molecule has 0 spiro atoms. The van der Waals surface area contributed by atoms with Crippen LogP contribution in [0.25, 0.3) is 0 Å². The molecule has 0 saturated carbocycles. The quantitative estimate of drug-likeness (QED) is 0.743. The third kappa shape index (κ3) is 5.16. The van der Waals surface area contributed by atoms with Crippen LogP contribution < -0.4 is 5.32 Å². The minimum absolute atomic E-state index is 0.885. The Balaban J connectivity index is 1.48. The highest BCUT2D eigenvalue weighted by Gasteiger charge is 2.15. The van der Waals surface area contributed by atoms with E-state index in [0.717, 1.165) is 5.25 Å². The third-order valence-electron chi connectivity index (χ3n) is 3.85. The first-order valence-electron chi connectivity index (χ1n) is 7.08. The lowest BCUT2D eigenvalue weighted by Gasteiger charge is -2.32. The van der Waals surface area contributed by atoms with E-state index in [0.29, 0.717) is 0 Å². The van der Waals surface area contributed by atoms with Gasteiger partial charge in [0, 0.05) is 51.1 Å². The molecule has 0 aromatic carbocycles. The standard InChI is InChI=1S/C13H27N3S/c1-15-7-9-16(10-8-15)6-5-14-12-13-4-2-3-11-17-13/h13-14H,2-12H2,1H3. The second-order valence-electron chi connectivity index (χ2n) is 5.34. The molecule has 2 heterocycles. The Morgan fingerprint density at radius 2 is 2.00 bits per heavy atom. The first kappa shape index (κ1) is 13.7. The van der Waals surface area contributed by atoms with E-state index in [9.17, 15) is 0 Å². The largest absolute Gasteiger partial charge is 0.314 e. The molecule has 17 heavy (non-hydrogen) atoms. The van der Waals surface area contributed by atoms with Crippen molar-refractivity contribution >= 4 is 11.8 Å². The van der Waals surface area contributed by atoms with Gasteiger partial charge in [0.1, 0.15) is 0 Å². The van der Waals surface area contributed by atoms with Crippen LogP contribution in [-0.2, 0) is 0 Å². The highest BCUT2D eigenvalue weighted by atomic mass is 32.2. The highest BCUT2D eigenvalue weighted by molar-refractivity contribution is 7.99. The fourth-order valence-corrected chi connectivity index (χ4v) is 3.81. The summed E-state index contributed by atoms with van der Waals surface area (Å²) in [7, 11) is 2.22. The van der Waals surface area contributed by atoms with Crippen LogP contribution in [0.3, 0.4) is 0 Å². The van der Waals surface area contributed by atoms with Gasteiger partial charge in [0.05, 0.1) is 0 Å². The smallest absolute Gasteiger partial charge is 0.0172 e. The van der Waals surface area contributed by atoms with Gasteiger partial charge in [-0.3, -0.25) is 4.90 Å². The molecule has 3 nitrogen and oxygen atoms in total. The van der Waals surface area contributed by atoms with Gasteiger partial charge >= 0.3 is 0 Å². The van der Waals surface area contributed by atoms with E-state index < -0.39 is 0 Å². The van der Waals surface area contributed by atoms with Crippen LogP contribution in [0.2, 0.25) is 0 Å². The Morgan fingerprint density at radius 3 is 2.71 bits per heavy atom. The van der Waals surface area contributed by atoms with Gasteiger partial charge in [0.25, 0.3) is 0 Å². The number of rotatable bonds is 5. The molecule has 0 aromatic rings. The number of piperazine rings is 1. The van der Waals surface area contributed by atoms with E-state index in [1.807, 2.05) is 0 Å². The maximum Gasteiger partial charge on any atom is 0.0172 e. The zero-order valence-corrected chi connectivity index (χ0v) is 12.0. The van der Waals surface area contributed by atoms with Crippen molar-refractivity contribution in [2.75, 3.05) is 58.6 Å². The van der Waals surface area contributed by atoms with E-state index in [1.54, 1.807) is 0 Å². The van der Waals surface area contributed by atoms with Crippen molar-refractivity contribution in [1.29, 1.82) is 0 Å². The molecular formula is C13H27N3S. The van der Waals surface area contributed by atoms with Gasteiger partial charge in [0.15, 0.2) is 0 Å². The molecule has 100 valence electrons.